The van der Waals surface area contributed by atoms with Crippen molar-refractivity contribution >= 4 is 14.0 Å². The minimum atomic E-state index is -2.58. The van der Waals surface area contributed by atoms with Crippen molar-refractivity contribution in [3.05, 3.63) is 11.9 Å². The largest absolute Gasteiger partial charge is 0.539 e. The van der Waals surface area contributed by atoms with Crippen molar-refractivity contribution in [1.82, 2.24) is 19.9 Å². The van der Waals surface area contributed by atoms with Crippen LogP contribution in [-0.4, -0.2) is 59.5 Å². The minimum absolute atomic E-state index is 0.0126. The Bertz CT molecular complexity index is 417. The zero-order valence-corrected chi connectivity index (χ0v) is 8.84. The third-order valence-electron chi connectivity index (χ3n) is 2.38. The molecule has 0 aliphatic carbocycles. The van der Waals surface area contributed by atoms with Gasteiger partial charge in [0.05, 0.1) is 25.8 Å². The number of nitrogens with zero attached hydrogens (tertiary/aromatic N) is 4. The van der Waals surface area contributed by atoms with Crippen LogP contribution in [0.15, 0.2) is 6.20 Å². The van der Waals surface area contributed by atoms with Crippen LogP contribution < -0.4 is 0 Å². The fourth-order valence-corrected chi connectivity index (χ4v) is 1.56. The molecule has 0 atom stereocenters. The fraction of sp³-hybridized carbons (Fsp3) is 0.625. The first-order valence-corrected chi connectivity index (χ1v) is 4.91. The fourth-order valence-electron chi connectivity index (χ4n) is 1.56. The molecule has 0 N–H and O–H groups in total. The lowest BCUT2D eigenvalue weighted by atomic mass is 10.1. The number of likely N-dealkylation sites (tertiary alicyclic amines) is 1. The smallest absolute Gasteiger partial charge is 0.378 e. The molecule has 17 heavy (non-hydrogen) atoms. The molecule has 9 heteroatoms. The van der Waals surface area contributed by atoms with Crippen LogP contribution in [0.1, 0.15) is 10.5 Å². The molecule has 0 unspecified atom stereocenters. The van der Waals surface area contributed by atoms with E-state index < -0.39 is 11.9 Å². The van der Waals surface area contributed by atoms with Crippen LogP contribution in [0.5, 0.6) is 0 Å². The van der Waals surface area contributed by atoms with E-state index in [0.29, 0.717) is 13.1 Å². The zero-order valence-electron chi connectivity index (χ0n) is 8.84. The monoisotopic (exact) mass is 242 g/mol. The van der Waals surface area contributed by atoms with Crippen molar-refractivity contribution < 1.29 is 18.2 Å². The molecular formula is C8H9BF2N4O2. The highest BCUT2D eigenvalue weighted by molar-refractivity contribution is 6.08. The summed E-state index contributed by atoms with van der Waals surface area (Å²) in [5.41, 5.74) is -0.0126. The SMILES string of the molecule is [B]OC(=O)c1cnn(CCN2CC(F)(F)C2)n1. The van der Waals surface area contributed by atoms with E-state index in [1.54, 1.807) is 4.90 Å². The molecule has 1 aliphatic rings. The Kier molecular flexibility index (Phi) is 3.10. The Morgan fingerprint density at radius 2 is 2.24 bits per heavy atom. The summed E-state index contributed by atoms with van der Waals surface area (Å²) in [6, 6.07) is 0. The third kappa shape index (κ3) is 2.79. The molecule has 2 radical (unpaired) electrons. The van der Waals surface area contributed by atoms with E-state index in [0.717, 1.165) is 0 Å². The van der Waals surface area contributed by atoms with E-state index in [-0.39, 0.29) is 18.8 Å². The Hall–Kier alpha value is -1.51. The van der Waals surface area contributed by atoms with E-state index in [1.807, 2.05) is 0 Å². The number of alkyl halides is 2. The topological polar surface area (TPSA) is 60.2 Å². The van der Waals surface area contributed by atoms with E-state index in [4.69, 9.17) is 0 Å². The second kappa shape index (κ2) is 4.40. The minimum Gasteiger partial charge on any atom is -0.539 e. The summed E-state index contributed by atoms with van der Waals surface area (Å²) in [5, 5.41) is 7.57. The average Bonchev–Trinajstić information content (AvgIpc) is 2.70. The molecule has 2 rings (SSSR count). The number of rotatable bonds is 4. The first-order valence-electron chi connectivity index (χ1n) is 4.91. The van der Waals surface area contributed by atoms with Gasteiger partial charge in [-0.05, 0) is 0 Å². The van der Waals surface area contributed by atoms with Crippen LogP contribution in [-0.2, 0) is 11.2 Å². The molecular weight excluding hydrogens is 233 g/mol. The zero-order chi connectivity index (χ0) is 12.5. The number of hydrogen-bond acceptors (Lipinski definition) is 5. The molecule has 1 aromatic heterocycles. The van der Waals surface area contributed by atoms with Gasteiger partial charge in [-0.15, -0.1) is 5.10 Å². The predicted molar refractivity (Wildman–Crippen MR) is 52.6 cm³/mol. The van der Waals surface area contributed by atoms with Crippen LogP contribution in [0, 0.1) is 0 Å². The van der Waals surface area contributed by atoms with E-state index in [1.165, 1.54) is 11.0 Å². The van der Waals surface area contributed by atoms with Crippen LogP contribution in [0.3, 0.4) is 0 Å². The maximum absolute atomic E-state index is 12.5. The van der Waals surface area contributed by atoms with Crippen molar-refractivity contribution in [2.24, 2.45) is 0 Å². The molecule has 0 amide bonds. The summed E-state index contributed by atoms with van der Waals surface area (Å²) in [6.07, 6.45) is 1.21. The Morgan fingerprint density at radius 3 is 2.82 bits per heavy atom. The van der Waals surface area contributed by atoms with Crippen LogP contribution in [0.4, 0.5) is 8.78 Å². The average molecular weight is 242 g/mol. The number of carbonyl (C=O) groups excluding carboxylic acids is 1. The van der Waals surface area contributed by atoms with Gasteiger partial charge in [0.2, 0.25) is 0 Å². The van der Waals surface area contributed by atoms with Gasteiger partial charge in [-0.2, -0.15) is 9.90 Å². The lowest BCUT2D eigenvalue weighted by molar-refractivity contribution is -0.131. The van der Waals surface area contributed by atoms with Gasteiger partial charge < -0.3 is 4.65 Å². The third-order valence-corrected chi connectivity index (χ3v) is 2.38. The molecule has 0 bridgehead atoms. The summed E-state index contributed by atoms with van der Waals surface area (Å²) in [4.78, 5) is 13.8. The van der Waals surface area contributed by atoms with Gasteiger partial charge in [-0.25, -0.2) is 13.6 Å². The number of halogens is 2. The Labute approximate surface area is 97.0 Å². The molecule has 1 fully saturated rings. The summed E-state index contributed by atoms with van der Waals surface area (Å²) in [7, 11) is 4.68. The first kappa shape index (κ1) is 12.0. The maximum Gasteiger partial charge on any atom is 0.378 e. The van der Waals surface area contributed by atoms with Gasteiger partial charge in [0, 0.05) is 6.54 Å². The first-order chi connectivity index (χ1) is 8.00. The van der Waals surface area contributed by atoms with Gasteiger partial charge >= 0.3 is 14.0 Å². The molecule has 0 spiro atoms. The molecule has 1 aliphatic heterocycles. The van der Waals surface area contributed by atoms with Crippen LogP contribution >= 0.6 is 0 Å². The van der Waals surface area contributed by atoms with Crippen molar-refractivity contribution in [2.75, 3.05) is 19.6 Å². The number of carbonyl (C=O) groups is 1. The number of aromatic nitrogens is 3. The highest BCUT2D eigenvalue weighted by Crippen LogP contribution is 2.25. The molecule has 2 heterocycles. The van der Waals surface area contributed by atoms with Gasteiger partial charge in [0.25, 0.3) is 5.92 Å². The van der Waals surface area contributed by atoms with Gasteiger partial charge in [-0.3, -0.25) is 4.90 Å². The normalized spacial score (nSPS) is 18.7. The Morgan fingerprint density at radius 1 is 1.53 bits per heavy atom. The highest BCUT2D eigenvalue weighted by atomic mass is 19.3. The predicted octanol–water partition coefficient (Wildman–Crippen LogP) is -0.531. The van der Waals surface area contributed by atoms with Crippen molar-refractivity contribution in [1.29, 1.82) is 0 Å². The van der Waals surface area contributed by atoms with Gasteiger partial charge in [0.1, 0.15) is 0 Å². The van der Waals surface area contributed by atoms with Crippen LogP contribution in [0.25, 0.3) is 0 Å². The van der Waals surface area contributed by atoms with E-state index in [9.17, 15) is 13.6 Å². The summed E-state index contributed by atoms with van der Waals surface area (Å²) in [6.45, 7) is 0.243. The van der Waals surface area contributed by atoms with Crippen molar-refractivity contribution in [3.63, 3.8) is 0 Å². The highest BCUT2D eigenvalue weighted by Gasteiger charge is 2.43. The van der Waals surface area contributed by atoms with E-state index >= 15 is 0 Å². The molecule has 1 saturated heterocycles. The van der Waals surface area contributed by atoms with Gasteiger partial charge in [0.15, 0.2) is 5.69 Å². The summed E-state index contributed by atoms with van der Waals surface area (Å²) < 4.78 is 29.0. The quantitative estimate of drug-likeness (QED) is 0.664. The number of hydrogen-bond donors (Lipinski definition) is 0. The Balaban J connectivity index is 1.80. The summed E-state index contributed by atoms with van der Waals surface area (Å²) >= 11 is 0. The van der Waals surface area contributed by atoms with Crippen LogP contribution in [0.2, 0.25) is 0 Å². The lowest BCUT2D eigenvalue weighted by Crippen LogP contribution is -2.56. The molecule has 6 nitrogen and oxygen atoms in total. The molecule has 0 saturated carbocycles. The molecule has 0 aromatic carbocycles. The molecule has 1 aromatic rings. The maximum atomic E-state index is 12.5. The van der Waals surface area contributed by atoms with Gasteiger partial charge in [-0.1, -0.05) is 0 Å². The van der Waals surface area contributed by atoms with E-state index in [2.05, 4.69) is 22.9 Å². The molecule has 90 valence electrons. The van der Waals surface area contributed by atoms with Crippen molar-refractivity contribution in [2.45, 2.75) is 12.5 Å². The second-order valence-corrected chi connectivity index (χ2v) is 3.80. The second-order valence-electron chi connectivity index (χ2n) is 3.80. The standard InChI is InChI=1S/C8H9BF2N4O2/c9-17-7(16)6-3-12-15(13-6)2-1-14-4-8(10,11)5-14/h3H,1-2,4-5H2. The summed E-state index contributed by atoms with van der Waals surface area (Å²) in [5.74, 6) is -3.36. The van der Waals surface area contributed by atoms with Crippen molar-refractivity contribution in [3.8, 4) is 0 Å². The lowest BCUT2D eigenvalue weighted by Gasteiger charge is -2.38.